The second-order valence-electron chi connectivity index (χ2n) is 4.65. The van der Waals surface area contributed by atoms with Crippen LogP contribution in [0, 0.1) is 5.92 Å². The number of nitrogens with one attached hydrogen (secondary N) is 3. The van der Waals surface area contributed by atoms with Gasteiger partial charge in [0.2, 0.25) is 0 Å². The van der Waals surface area contributed by atoms with Crippen molar-refractivity contribution < 1.29 is 4.79 Å². The van der Waals surface area contributed by atoms with Crippen LogP contribution in [0.1, 0.15) is 33.6 Å². The summed E-state index contributed by atoms with van der Waals surface area (Å²) in [5.74, 6) is 0.615. The molecule has 1 saturated heterocycles. The van der Waals surface area contributed by atoms with Crippen LogP contribution in [0.4, 0.5) is 4.79 Å². The highest BCUT2D eigenvalue weighted by Gasteiger charge is 2.21. The molecule has 15 heavy (non-hydrogen) atoms. The van der Waals surface area contributed by atoms with E-state index < -0.39 is 0 Å². The Balaban J connectivity index is 2.27. The molecule has 0 aromatic rings. The van der Waals surface area contributed by atoms with Crippen molar-refractivity contribution in [2.24, 2.45) is 5.92 Å². The quantitative estimate of drug-likeness (QED) is 0.657. The van der Waals surface area contributed by atoms with Crippen LogP contribution < -0.4 is 16.0 Å². The first-order valence-corrected chi connectivity index (χ1v) is 5.87. The number of urea groups is 1. The van der Waals surface area contributed by atoms with Gasteiger partial charge < -0.3 is 16.0 Å². The van der Waals surface area contributed by atoms with Gasteiger partial charge in [-0.3, -0.25) is 0 Å². The van der Waals surface area contributed by atoms with E-state index in [1.807, 2.05) is 13.8 Å². The average molecular weight is 213 g/mol. The number of piperidine rings is 1. The molecular weight excluding hydrogens is 190 g/mol. The van der Waals surface area contributed by atoms with Gasteiger partial charge in [0.1, 0.15) is 0 Å². The maximum absolute atomic E-state index is 11.5. The Morgan fingerprint density at radius 1 is 1.20 bits per heavy atom. The van der Waals surface area contributed by atoms with Crippen LogP contribution in [0.5, 0.6) is 0 Å². The van der Waals surface area contributed by atoms with Crippen molar-refractivity contribution in [2.45, 2.75) is 45.7 Å². The lowest BCUT2D eigenvalue weighted by molar-refractivity contribution is 0.224. The summed E-state index contributed by atoms with van der Waals surface area (Å²) in [6, 6.07) is 0.423. The summed E-state index contributed by atoms with van der Waals surface area (Å²) in [5.41, 5.74) is 0. The highest BCUT2D eigenvalue weighted by atomic mass is 16.2. The summed E-state index contributed by atoms with van der Waals surface area (Å²) in [6.07, 6.45) is 2.31. The number of amides is 2. The predicted molar refractivity (Wildman–Crippen MR) is 61.9 cm³/mol. The van der Waals surface area contributed by atoms with Crippen LogP contribution in [0.3, 0.4) is 0 Å². The fourth-order valence-electron chi connectivity index (χ4n) is 1.97. The average Bonchev–Trinajstić information content (AvgIpc) is 2.17. The van der Waals surface area contributed by atoms with E-state index in [0.29, 0.717) is 5.92 Å². The molecule has 0 spiro atoms. The van der Waals surface area contributed by atoms with Gasteiger partial charge in [-0.05, 0) is 52.6 Å². The van der Waals surface area contributed by atoms with Gasteiger partial charge in [0.05, 0.1) is 0 Å². The number of hydrogen-bond donors (Lipinski definition) is 3. The highest BCUT2D eigenvalue weighted by molar-refractivity contribution is 5.74. The molecule has 1 rings (SSSR count). The van der Waals surface area contributed by atoms with Crippen molar-refractivity contribution in [3.8, 4) is 0 Å². The number of carbonyl (C=O) groups is 1. The minimum absolute atomic E-state index is 0.0453. The molecule has 0 bridgehead atoms. The van der Waals surface area contributed by atoms with Crippen LogP contribution in [-0.4, -0.2) is 31.2 Å². The molecule has 88 valence electrons. The second-order valence-corrected chi connectivity index (χ2v) is 4.65. The Hall–Kier alpha value is -0.770. The van der Waals surface area contributed by atoms with Crippen molar-refractivity contribution in [2.75, 3.05) is 13.1 Å². The second kappa shape index (κ2) is 5.95. The van der Waals surface area contributed by atoms with Gasteiger partial charge in [0, 0.05) is 12.1 Å². The van der Waals surface area contributed by atoms with Gasteiger partial charge in [-0.2, -0.15) is 0 Å². The maximum atomic E-state index is 11.5. The fourth-order valence-corrected chi connectivity index (χ4v) is 1.97. The number of carbonyl (C=O) groups excluding carboxylic acids is 1. The molecule has 0 radical (unpaired) electrons. The van der Waals surface area contributed by atoms with Crippen LogP contribution in [0.2, 0.25) is 0 Å². The fraction of sp³-hybridized carbons (Fsp3) is 0.909. The van der Waals surface area contributed by atoms with E-state index in [1.54, 1.807) is 0 Å². The molecule has 2 amide bonds. The Bertz CT molecular complexity index is 200. The first kappa shape index (κ1) is 12.3. The zero-order valence-electron chi connectivity index (χ0n) is 9.97. The molecule has 0 aromatic heterocycles. The Kier molecular flexibility index (Phi) is 4.88. The van der Waals surface area contributed by atoms with Gasteiger partial charge in [0.25, 0.3) is 0 Å². The van der Waals surface area contributed by atoms with Gasteiger partial charge in [-0.15, -0.1) is 0 Å². The molecule has 1 heterocycles. The lowest BCUT2D eigenvalue weighted by Crippen LogP contribution is -2.48. The van der Waals surface area contributed by atoms with Crippen molar-refractivity contribution in [1.82, 2.24) is 16.0 Å². The van der Waals surface area contributed by atoms with Crippen LogP contribution >= 0.6 is 0 Å². The first-order chi connectivity index (χ1) is 7.09. The van der Waals surface area contributed by atoms with Crippen molar-refractivity contribution in [3.63, 3.8) is 0 Å². The van der Waals surface area contributed by atoms with E-state index in [0.717, 1.165) is 25.9 Å². The normalized spacial score (nSPS) is 20.0. The summed E-state index contributed by atoms with van der Waals surface area (Å²) >= 11 is 0. The molecule has 3 N–H and O–H groups in total. The predicted octanol–water partition coefficient (Wildman–Crippen LogP) is 1.08. The summed E-state index contributed by atoms with van der Waals surface area (Å²) < 4.78 is 0. The molecule has 1 atom stereocenters. The third kappa shape index (κ3) is 4.51. The summed E-state index contributed by atoms with van der Waals surface area (Å²) in [5, 5.41) is 9.18. The van der Waals surface area contributed by atoms with E-state index >= 15 is 0 Å². The minimum atomic E-state index is -0.0453. The van der Waals surface area contributed by atoms with Crippen molar-refractivity contribution in [1.29, 1.82) is 0 Å². The van der Waals surface area contributed by atoms with E-state index in [1.165, 1.54) is 0 Å². The van der Waals surface area contributed by atoms with Gasteiger partial charge >= 0.3 is 6.03 Å². The summed E-state index contributed by atoms with van der Waals surface area (Å²) in [6.45, 7) is 8.17. The molecular formula is C11H23N3O. The molecule has 4 nitrogen and oxygen atoms in total. The number of rotatable bonds is 3. The molecule has 1 aliphatic rings. The first-order valence-electron chi connectivity index (χ1n) is 5.87. The molecule has 0 saturated carbocycles. The monoisotopic (exact) mass is 213 g/mol. The highest BCUT2D eigenvalue weighted by Crippen LogP contribution is 2.15. The van der Waals surface area contributed by atoms with Gasteiger partial charge in [0.15, 0.2) is 0 Å². The number of hydrogen-bond acceptors (Lipinski definition) is 2. The Morgan fingerprint density at radius 2 is 1.80 bits per heavy atom. The molecule has 1 fully saturated rings. The van der Waals surface area contributed by atoms with E-state index in [-0.39, 0.29) is 18.1 Å². The van der Waals surface area contributed by atoms with Crippen molar-refractivity contribution in [3.05, 3.63) is 0 Å². The lowest BCUT2D eigenvalue weighted by atomic mass is 9.91. The van der Waals surface area contributed by atoms with Crippen LogP contribution in [0.15, 0.2) is 0 Å². The summed E-state index contributed by atoms with van der Waals surface area (Å²) in [7, 11) is 0. The molecule has 0 aromatic carbocycles. The molecule has 1 unspecified atom stereocenters. The third-order valence-electron chi connectivity index (χ3n) is 2.87. The largest absolute Gasteiger partial charge is 0.336 e. The topological polar surface area (TPSA) is 53.2 Å². The van der Waals surface area contributed by atoms with Crippen molar-refractivity contribution >= 4 is 6.03 Å². The molecule has 4 heteroatoms. The standard InChI is InChI=1S/C11H23N3O/c1-8(2)13-11(15)14-9(3)10-4-6-12-7-5-10/h8-10,12H,4-7H2,1-3H3,(H2,13,14,15). The zero-order chi connectivity index (χ0) is 11.3. The van der Waals surface area contributed by atoms with Crippen LogP contribution in [0.25, 0.3) is 0 Å². The minimum Gasteiger partial charge on any atom is -0.336 e. The smallest absolute Gasteiger partial charge is 0.315 e. The van der Waals surface area contributed by atoms with E-state index in [2.05, 4.69) is 22.9 Å². The lowest BCUT2D eigenvalue weighted by Gasteiger charge is -2.29. The van der Waals surface area contributed by atoms with Gasteiger partial charge in [-0.1, -0.05) is 0 Å². The molecule has 1 aliphatic heterocycles. The molecule has 0 aliphatic carbocycles. The van der Waals surface area contributed by atoms with Gasteiger partial charge in [-0.25, -0.2) is 4.79 Å². The third-order valence-corrected chi connectivity index (χ3v) is 2.87. The SMILES string of the molecule is CC(C)NC(=O)NC(C)C1CCNCC1. The Morgan fingerprint density at radius 3 is 2.33 bits per heavy atom. The zero-order valence-corrected chi connectivity index (χ0v) is 9.97. The van der Waals surface area contributed by atoms with E-state index in [4.69, 9.17) is 0 Å². The maximum Gasteiger partial charge on any atom is 0.315 e. The van der Waals surface area contributed by atoms with Crippen LogP contribution in [-0.2, 0) is 0 Å². The summed E-state index contributed by atoms with van der Waals surface area (Å²) in [4.78, 5) is 11.5. The Labute approximate surface area is 92.2 Å². The van der Waals surface area contributed by atoms with E-state index in [9.17, 15) is 4.79 Å².